The van der Waals surface area contributed by atoms with Crippen molar-refractivity contribution in [2.75, 3.05) is 19.6 Å². The molecule has 2 N–H and O–H groups in total. The summed E-state index contributed by atoms with van der Waals surface area (Å²) in [5, 5.41) is 22.1. The first-order valence-electron chi connectivity index (χ1n) is 8.95. The van der Waals surface area contributed by atoms with E-state index in [-0.39, 0.29) is 22.6 Å². The lowest BCUT2D eigenvalue weighted by atomic mass is 10.0. The molecule has 150 valence electrons. The molecule has 0 aromatic heterocycles. The van der Waals surface area contributed by atoms with Crippen LogP contribution in [0.4, 0.5) is 0 Å². The van der Waals surface area contributed by atoms with Crippen LogP contribution in [0.15, 0.2) is 42.5 Å². The van der Waals surface area contributed by atoms with Gasteiger partial charge in [-0.1, -0.05) is 65.1 Å². The number of aliphatic hydroxyl groups excluding tert-OH is 1. The number of carbonyl (C=O) groups is 1. The number of nitrogens with zero attached hydrogens (tertiary/aromatic N) is 2. The number of rotatable bonds is 6. The fourth-order valence-corrected chi connectivity index (χ4v) is 4.09. The number of carbonyl (C=O) groups excluding carboxylic acids is 1. The summed E-state index contributed by atoms with van der Waals surface area (Å²) >= 11 is 18.2. The lowest BCUT2D eigenvalue weighted by molar-refractivity contribution is -0.177. The Morgan fingerprint density at radius 3 is 2.57 bits per heavy atom. The average Bonchev–Trinajstić information content (AvgIpc) is 3.08. The Bertz CT molecular complexity index is 835. The molecule has 1 heterocycles. The third-order valence-electron chi connectivity index (χ3n) is 4.82. The average molecular weight is 444 g/mol. The number of benzene rings is 2. The predicted molar refractivity (Wildman–Crippen MR) is 110 cm³/mol. The molecule has 0 saturated carbocycles. The van der Waals surface area contributed by atoms with E-state index in [4.69, 9.17) is 34.8 Å². The Labute approximate surface area is 179 Å². The summed E-state index contributed by atoms with van der Waals surface area (Å²) in [6.45, 7) is 1.64. The van der Waals surface area contributed by atoms with Crippen LogP contribution in [0.5, 0.6) is 0 Å². The van der Waals surface area contributed by atoms with Gasteiger partial charge in [-0.2, -0.15) is 0 Å². The van der Waals surface area contributed by atoms with E-state index in [0.717, 1.165) is 10.6 Å². The Kier molecular flexibility index (Phi) is 7.20. The smallest absolute Gasteiger partial charge is 0.251 e. The van der Waals surface area contributed by atoms with Crippen LogP contribution in [0, 0.1) is 0 Å². The number of aliphatic hydroxyl groups is 1. The van der Waals surface area contributed by atoms with Gasteiger partial charge in [0, 0.05) is 24.7 Å². The van der Waals surface area contributed by atoms with Crippen molar-refractivity contribution in [1.82, 2.24) is 9.96 Å². The highest BCUT2D eigenvalue weighted by atomic mass is 35.5. The first-order valence-corrected chi connectivity index (χ1v) is 10.1. The molecular weight excluding hydrogens is 423 g/mol. The van der Waals surface area contributed by atoms with E-state index < -0.39 is 11.9 Å². The van der Waals surface area contributed by atoms with E-state index in [1.165, 1.54) is 6.07 Å². The number of β-amino-alcohol motifs (C(OH)–C–C–N with tert-alkyl or cyclic N) is 1. The summed E-state index contributed by atoms with van der Waals surface area (Å²) in [4.78, 5) is 14.8. The van der Waals surface area contributed by atoms with Gasteiger partial charge < -0.3 is 5.11 Å². The van der Waals surface area contributed by atoms with Crippen molar-refractivity contribution in [3.05, 3.63) is 68.7 Å². The third-order valence-corrected chi connectivity index (χ3v) is 5.88. The molecule has 8 heteroatoms. The molecule has 5 nitrogen and oxygen atoms in total. The fraction of sp³-hybridized carbons (Fsp3) is 0.350. The summed E-state index contributed by atoms with van der Waals surface area (Å²) in [5.74, 6) is -0.520. The van der Waals surface area contributed by atoms with Gasteiger partial charge in [0.05, 0.1) is 28.6 Å². The van der Waals surface area contributed by atoms with Crippen LogP contribution in [-0.4, -0.2) is 51.9 Å². The van der Waals surface area contributed by atoms with Crippen LogP contribution in [-0.2, 0) is 11.2 Å². The molecule has 1 fully saturated rings. The Balaban J connectivity index is 1.80. The van der Waals surface area contributed by atoms with Gasteiger partial charge >= 0.3 is 0 Å². The van der Waals surface area contributed by atoms with Crippen molar-refractivity contribution in [3.8, 4) is 0 Å². The van der Waals surface area contributed by atoms with Gasteiger partial charge in [-0.25, -0.2) is 5.06 Å². The molecule has 2 aromatic carbocycles. The monoisotopic (exact) mass is 442 g/mol. The summed E-state index contributed by atoms with van der Waals surface area (Å²) in [6.07, 6.45) is 0.158. The van der Waals surface area contributed by atoms with Gasteiger partial charge in [0.15, 0.2) is 0 Å². The first kappa shape index (κ1) is 21.4. The van der Waals surface area contributed by atoms with E-state index in [1.54, 1.807) is 6.07 Å². The molecule has 28 heavy (non-hydrogen) atoms. The Morgan fingerprint density at radius 2 is 1.93 bits per heavy atom. The van der Waals surface area contributed by atoms with Crippen molar-refractivity contribution >= 4 is 40.7 Å². The third kappa shape index (κ3) is 5.17. The number of hydroxylamine groups is 2. The fourth-order valence-electron chi connectivity index (χ4n) is 3.38. The van der Waals surface area contributed by atoms with Crippen LogP contribution < -0.4 is 0 Å². The van der Waals surface area contributed by atoms with Crippen LogP contribution in [0.1, 0.15) is 23.6 Å². The molecular formula is C20H21Cl3N2O3. The van der Waals surface area contributed by atoms with Crippen molar-refractivity contribution in [2.24, 2.45) is 0 Å². The van der Waals surface area contributed by atoms with Gasteiger partial charge in [-0.3, -0.25) is 14.9 Å². The lowest BCUT2D eigenvalue weighted by Gasteiger charge is -2.30. The van der Waals surface area contributed by atoms with Gasteiger partial charge in [-0.15, -0.1) is 0 Å². The molecule has 0 aliphatic carbocycles. The van der Waals surface area contributed by atoms with E-state index >= 15 is 0 Å². The zero-order chi connectivity index (χ0) is 20.3. The van der Waals surface area contributed by atoms with Crippen LogP contribution in [0.3, 0.4) is 0 Å². The zero-order valence-electron chi connectivity index (χ0n) is 15.1. The number of hydrogen-bond acceptors (Lipinski definition) is 4. The van der Waals surface area contributed by atoms with Crippen molar-refractivity contribution in [1.29, 1.82) is 0 Å². The highest BCUT2D eigenvalue weighted by Gasteiger charge is 2.30. The largest absolute Gasteiger partial charge is 0.392 e. The molecule has 3 rings (SSSR count). The SMILES string of the molecule is O=C(Cc1cc(Cl)cc(Cl)c1Cl)N(O)C(CN1CCC(O)C1)c1ccccc1. The quantitative estimate of drug-likeness (QED) is 0.399. The molecule has 1 amide bonds. The van der Waals surface area contributed by atoms with Crippen molar-refractivity contribution in [2.45, 2.75) is 25.0 Å². The molecule has 0 spiro atoms. The molecule has 2 aromatic rings. The molecule has 2 unspecified atom stereocenters. The van der Waals surface area contributed by atoms with Gasteiger partial charge in [0.2, 0.25) is 0 Å². The standard InChI is InChI=1S/C20H21Cl3N2O3/c21-15-8-14(20(23)17(22)10-15)9-19(27)25(28)18(13-4-2-1-3-5-13)12-24-7-6-16(26)11-24/h1-5,8,10,16,18,26,28H,6-7,9,11-12H2. The molecule has 0 bridgehead atoms. The van der Waals surface area contributed by atoms with Crippen LogP contribution >= 0.6 is 34.8 Å². The maximum absolute atomic E-state index is 12.8. The van der Waals surface area contributed by atoms with Gasteiger partial charge in [0.1, 0.15) is 0 Å². The maximum atomic E-state index is 12.8. The maximum Gasteiger partial charge on any atom is 0.251 e. The lowest BCUT2D eigenvalue weighted by Crippen LogP contribution is -2.40. The summed E-state index contributed by atoms with van der Waals surface area (Å²) in [6, 6.07) is 11.8. The van der Waals surface area contributed by atoms with Gasteiger partial charge in [0.25, 0.3) is 5.91 Å². The molecule has 1 aliphatic rings. The summed E-state index contributed by atoms with van der Waals surface area (Å²) in [7, 11) is 0. The van der Waals surface area contributed by atoms with E-state index in [9.17, 15) is 15.1 Å². The number of likely N-dealkylation sites (tertiary alicyclic amines) is 1. The second-order valence-electron chi connectivity index (χ2n) is 6.90. The van der Waals surface area contributed by atoms with E-state index in [1.807, 2.05) is 35.2 Å². The minimum absolute atomic E-state index is 0.137. The first-order chi connectivity index (χ1) is 13.3. The summed E-state index contributed by atoms with van der Waals surface area (Å²) < 4.78 is 0. The predicted octanol–water partition coefficient (Wildman–Crippen LogP) is 4.22. The number of hydrogen-bond donors (Lipinski definition) is 2. The topological polar surface area (TPSA) is 64.0 Å². The summed E-state index contributed by atoms with van der Waals surface area (Å²) in [5.41, 5.74) is 1.25. The molecule has 1 saturated heterocycles. The highest BCUT2D eigenvalue weighted by molar-refractivity contribution is 6.43. The molecule has 1 aliphatic heterocycles. The van der Waals surface area contributed by atoms with E-state index in [2.05, 4.69) is 0 Å². The molecule has 2 atom stereocenters. The second-order valence-corrected chi connectivity index (χ2v) is 8.13. The molecule has 0 radical (unpaired) electrons. The number of halogens is 3. The van der Waals surface area contributed by atoms with Crippen LogP contribution in [0.2, 0.25) is 15.1 Å². The normalized spacial score (nSPS) is 18.2. The number of amides is 1. The van der Waals surface area contributed by atoms with Crippen LogP contribution in [0.25, 0.3) is 0 Å². The highest BCUT2D eigenvalue weighted by Crippen LogP contribution is 2.31. The minimum atomic E-state index is -0.576. The Morgan fingerprint density at radius 1 is 1.21 bits per heavy atom. The Hall–Kier alpha value is -1.34. The minimum Gasteiger partial charge on any atom is -0.392 e. The second kappa shape index (κ2) is 9.44. The van der Waals surface area contributed by atoms with Gasteiger partial charge in [-0.05, 0) is 29.7 Å². The zero-order valence-corrected chi connectivity index (χ0v) is 17.3. The van der Waals surface area contributed by atoms with Crippen molar-refractivity contribution in [3.63, 3.8) is 0 Å². The van der Waals surface area contributed by atoms with Crippen molar-refractivity contribution < 1.29 is 15.1 Å². The van der Waals surface area contributed by atoms with E-state index in [0.29, 0.717) is 36.6 Å².